The van der Waals surface area contributed by atoms with Gasteiger partial charge in [0.05, 0.1) is 12.8 Å². The number of nitrogens with zero attached hydrogens (tertiary/aromatic N) is 3. The molecule has 1 heterocycles. The Bertz CT molecular complexity index is 1260. The summed E-state index contributed by atoms with van der Waals surface area (Å²) in [5, 5.41) is 10.7. The van der Waals surface area contributed by atoms with Crippen molar-refractivity contribution in [1.82, 2.24) is 9.97 Å². The van der Waals surface area contributed by atoms with Gasteiger partial charge in [-0.1, -0.05) is 32.0 Å². The van der Waals surface area contributed by atoms with E-state index in [4.69, 9.17) is 4.74 Å². The molecule has 5 nitrogen and oxygen atoms in total. The number of hydrogen-bond donors (Lipinski definition) is 1. The van der Waals surface area contributed by atoms with Crippen LogP contribution in [-0.4, -0.2) is 40.2 Å². The second kappa shape index (κ2) is 8.90. The first-order valence-corrected chi connectivity index (χ1v) is 10.3. The van der Waals surface area contributed by atoms with Crippen molar-refractivity contribution in [1.29, 1.82) is 0 Å². The molecule has 182 valence electrons. The number of benzene rings is 2. The van der Waals surface area contributed by atoms with Crippen LogP contribution in [0.3, 0.4) is 0 Å². The summed E-state index contributed by atoms with van der Waals surface area (Å²) in [6.45, 7) is 6.29. The van der Waals surface area contributed by atoms with Gasteiger partial charge in [0, 0.05) is 29.4 Å². The van der Waals surface area contributed by atoms with Crippen molar-refractivity contribution < 1.29 is 31.8 Å². The van der Waals surface area contributed by atoms with E-state index in [0.29, 0.717) is 23.6 Å². The van der Waals surface area contributed by atoms with Crippen LogP contribution in [0.2, 0.25) is 0 Å². The van der Waals surface area contributed by atoms with Crippen molar-refractivity contribution in [2.24, 2.45) is 4.99 Å². The highest BCUT2D eigenvalue weighted by molar-refractivity contribution is 5.92. The predicted molar refractivity (Wildman–Crippen MR) is 119 cm³/mol. The van der Waals surface area contributed by atoms with E-state index in [-0.39, 0.29) is 16.9 Å². The Hall–Kier alpha value is -3.14. The Morgan fingerprint density at radius 2 is 1.82 bits per heavy atom. The highest BCUT2D eigenvalue weighted by Gasteiger charge is 2.55. The third kappa shape index (κ3) is 4.72. The van der Waals surface area contributed by atoms with Crippen molar-refractivity contribution >= 4 is 22.8 Å². The molecule has 3 aromatic rings. The number of fused-ring (bicyclic) bond motifs is 1. The molecule has 34 heavy (non-hydrogen) atoms. The summed E-state index contributed by atoms with van der Waals surface area (Å²) in [6.07, 6.45) is -4.49. The maximum absolute atomic E-state index is 14.2. The molecule has 0 bridgehead atoms. The number of halogens is 5. The second-order valence-corrected chi connectivity index (χ2v) is 8.77. The molecule has 3 rings (SSSR count). The SMILES string of the molecule is COc1c(C)cccc1C(C)(C)CC(O)(/C=N/c1cc(F)c(F)c2nc(C)ncc12)C(F)(F)F. The van der Waals surface area contributed by atoms with Crippen LogP contribution in [0.1, 0.15) is 37.2 Å². The molecular formula is C24H24F5N3O2. The third-order valence-corrected chi connectivity index (χ3v) is 5.63. The van der Waals surface area contributed by atoms with Crippen LogP contribution in [0.25, 0.3) is 10.9 Å². The van der Waals surface area contributed by atoms with Gasteiger partial charge in [-0.05, 0) is 31.2 Å². The molecule has 0 amide bonds. The number of rotatable bonds is 6. The molecular weight excluding hydrogens is 457 g/mol. The van der Waals surface area contributed by atoms with Crippen LogP contribution >= 0.6 is 0 Å². The number of hydrogen-bond acceptors (Lipinski definition) is 5. The van der Waals surface area contributed by atoms with Crippen molar-refractivity contribution in [3.05, 3.63) is 59.0 Å². The molecule has 0 spiro atoms. The van der Waals surface area contributed by atoms with Crippen LogP contribution in [0, 0.1) is 25.5 Å². The van der Waals surface area contributed by atoms with Crippen molar-refractivity contribution in [3.8, 4) is 5.75 Å². The van der Waals surface area contributed by atoms with Crippen LogP contribution in [0.5, 0.6) is 5.75 Å². The molecule has 1 aromatic heterocycles. The molecule has 0 saturated heterocycles. The maximum atomic E-state index is 14.2. The van der Waals surface area contributed by atoms with Crippen LogP contribution in [0.15, 0.2) is 35.5 Å². The summed E-state index contributed by atoms with van der Waals surface area (Å²) in [7, 11) is 1.41. The van der Waals surface area contributed by atoms with Gasteiger partial charge in [-0.2, -0.15) is 13.2 Å². The van der Waals surface area contributed by atoms with Gasteiger partial charge in [-0.15, -0.1) is 0 Å². The fraction of sp³-hybridized carbons (Fsp3) is 0.375. The van der Waals surface area contributed by atoms with E-state index in [1.54, 1.807) is 39.0 Å². The lowest BCUT2D eigenvalue weighted by molar-refractivity contribution is -0.234. The molecule has 1 atom stereocenters. The van der Waals surface area contributed by atoms with Crippen LogP contribution in [0.4, 0.5) is 27.6 Å². The quantitative estimate of drug-likeness (QED) is 0.352. The lowest BCUT2D eigenvalue weighted by Crippen LogP contribution is -2.50. The van der Waals surface area contributed by atoms with Gasteiger partial charge >= 0.3 is 6.18 Å². The Morgan fingerprint density at radius 1 is 1.15 bits per heavy atom. The Kier molecular flexibility index (Phi) is 6.67. The molecule has 0 radical (unpaired) electrons. The van der Waals surface area contributed by atoms with Gasteiger partial charge in [0.2, 0.25) is 0 Å². The summed E-state index contributed by atoms with van der Waals surface area (Å²) in [5.74, 6) is -2.04. The van der Waals surface area contributed by atoms with E-state index in [0.717, 1.165) is 11.8 Å². The van der Waals surface area contributed by atoms with E-state index >= 15 is 0 Å². The first kappa shape index (κ1) is 25.5. The predicted octanol–water partition coefficient (Wildman–Crippen LogP) is 5.90. The average molecular weight is 481 g/mol. The van der Waals surface area contributed by atoms with Crippen molar-refractivity contribution in [3.63, 3.8) is 0 Å². The fourth-order valence-corrected chi connectivity index (χ4v) is 3.93. The van der Waals surface area contributed by atoms with Crippen molar-refractivity contribution in [2.45, 2.75) is 51.3 Å². The number of methoxy groups -OCH3 is 1. The minimum Gasteiger partial charge on any atom is -0.496 e. The fourth-order valence-electron chi connectivity index (χ4n) is 3.93. The Morgan fingerprint density at radius 3 is 2.44 bits per heavy atom. The maximum Gasteiger partial charge on any atom is 0.422 e. The lowest BCUT2D eigenvalue weighted by Gasteiger charge is -2.36. The summed E-state index contributed by atoms with van der Waals surface area (Å²) in [4.78, 5) is 11.4. The zero-order chi connectivity index (χ0) is 25.5. The number of aromatic nitrogens is 2. The molecule has 1 unspecified atom stereocenters. The van der Waals surface area contributed by atoms with Gasteiger partial charge in [0.25, 0.3) is 0 Å². The largest absolute Gasteiger partial charge is 0.496 e. The Balaban J connectivity index is 2.10. The number of para-hydroxylation sites is 1. The molecule has 2 aromatic carbocycles. The zero-order valence-electron chi connectivity index (χ0n) is 19.3. The summed E-state index contributed by atoms with van der Waals surface area (Å²) < 4.78 is 75.9. The lowest BCUT2D eigenvalue weighted by atomic mass is 9.74. The van der Waals surface area contributed by atoms with E-state index < -0.39 is 40.8 Å². The monoisotopic (exact) mass is 481 g/mol. The molecule has 0 fully saturated rings. The third-order valence-electron chi connectivity index (χ3n) is 5.63. The first-order chi connectivity index (χ1) is 15.7. The van der Waals surface area contributed by atoms with Crippen LogP contribution in [-0.2, 0) is 5.41 Å². The summed E-state index contributed by atoms with van der Waals surface area (Å²) in [6, 6.07) is 5.71. The van der Waals surface area contributed by atoms with E-state index in [1.807, 2.05) is 0 Å². The van der Waals surface area contributed by atoms with Crippen molar-refractivity contribution in [2.75, 3.05) is 7.11 Å². The van der Waals surface area contributed by atoms with Gasteiger partial charge in [0.15, 0.2) is 17.2 Å². The van der Waals surface area contributed by atoms with Crippen LogP contribution < -0.4 is 4.74 Å². The first-order valence-electron chi connectivity index (χ1n) is 10.3. The number of ether oxygens (including phenoxy) is 1. The van der Waals surface area contributed by atoms with E-state index in [1.165, 1.54) is 14.0 Å². The minimum absolute atomic E-state index is 0.0927. The topological polar surface area (TPSA) is 67.6 Å². The zero-order valence-corrected chi connectivity index (χ0v) is 19.3. The van der Waals surface area contributed by atoms with Gasteiger partial charge in [-0.25, -0.2) is 18.7 Å². The molecule has 0 aliphatic carbocycles. The Labute approximate surface area is 193 Å². The number of alkyl halides is 3. The minimum atomic E-state index is -5.12. The molecule has 0 aliphatic heterocycles. The number of aryl methyl sites for hydroxylation is 2. The highest BCUT2D eigenvalue weighted by atomic mass is 19.4. The van der Waals surface area contributed by atoms with Gasteiger partial charge < -0.3 is 9.84 Å². The average Bonchev–Trinajstić information content (AvgIpc) is 2.74. The number of aliphatic hydroxyl groups is 1. The second-order valence-electron chi connectivity index (χ2n) is 8.77. The van der Waals surface area contributed by atoms with E-state index in [2.05, 4.69) is 15.0 Å². The molecule has 0 aliphatic rings. The molecule has 1 N–H and O–H groups in total. The van der Waals surface area contributed by atoms with Gasteiger partial charge in [0.1, 0.15) is 17.1 Å². The number of aliphatic imine (C=N–C) groups is 1. The van der Waals surface area contributed by atoms with Gasteiger partial charge in [-0.3, -0.25) is 4.99 Å². The normalized spacial score (nSPS) is 14.6. The van der Waals surface area contributed by atoms with E-state index in [9.17, 15) is 27.1 Å². The molecule has 0 saturated carbocycles. The summed E-state index contributed by atoms with van der Waals surface area (Å²) >= 11 is 0. The molecule has 10 heteroatoms. The smallest absolute Gasteiger partial charge is 0.422 e. The highest BCUT2D eigenvalue weighted by Crippen LogP contribution is 2.44. The standard InChI is InChI=1S/C24H24F5N3O2/c1-13-7-6-8-16(21(13)34-5)22(3,4)11-23(33,24(27,28)29)12-31-18-9-17(25)19(26)20-15(18)10-30-14(2)32-20/h6-10,12,33H,11H2,1-5H3/b31-12+. The summed E-state index contributed by atoms with van der Waals surface area (Å²) in [5.41, 5.74) is -4.19.